The SMILES string of the molecule is O=C1[C@@H]2[C@H]3CC[C@@H](C3)[C@@H]2N1CN1CCc2sccc2C1. The molecule has 1 saturated heterocycles. The van der Waals surface area contributed by atoms with E-state index in [-0.39, 0.29) is 0 Å². The zero-order chi connectivity index (χ0) is 13.3. The first-order chi connectivity index (χ1) is 9.81. The molecule has 3 nitrogen and oxygen atoms in total. The second-order valence-electron chi connectivity index (χ2n) is 6.97. The second kappa shape index (κ2) is 4.08. The maximum absolute atomic E-state index is 12.4. The van der Waals surface area contributed by atoms with Gasteiger partial charge in [0.15, 0.2) is 0 Å². The normalized spacial score (nSPS) is 38.8. The van der Waals surface area contributed by atoms with Crippen LogP contribution in [0.3, 0.4) is 0 Å². The number of β-lactam (4-membered cyclic amide) rings is 1. The Morgan fingerprint density at radius 1 is 1.30 bits per heavy atom. The maximum Gasteiger partial charge on any atom is 0.229 e. The fourth-order valence-corrected chi connectivity index (χ4v) is 6.01. The Labute approximate surface area is 123 Å². The van der Waals surface area contributed by atoms with Crippen LogP contribution in [0.5, 0.6) is 0 Å². The highest BCUT2D eigenvalue weighted by atomic mass is 32.1. The Morgan fingerprint density at radius 3 is 3.15 bits per heavy atom. The van der Waals surface area contributed by atoms with Crippen LogP contribution in [0.15, 0.2) is 11.4 Å². The molecular formula is C16H20N2OS. The Balaban J connectivity index is 1.30. The fraction of sp³-hybridized carbons (Fsp3) is 0.688. The molecule has 2 aliphatic carbocycles. The van der Waals surface area contributed by atoms with Crippen molar-refractivity contribution in [1.82, 2.24) is 9.80 Å². The van der Waals surface area contributed by atoms with E-state index < -0.39 is 0 Å². The summed E-state index contributed by atoms with van der Waals surface area (Å²) >= 11 is 1.88. The topological polar surface area (TPSA) is 23.6 Å². The van der Waals surface area contributed by atoms with E-state index in [4.69, 9.17) is 0 Å². The number of likely N-dealkylation sites (tertiary alicyclic amines) is 1. The van der Waals surface area contributed by atoms with Crippen LogP contribution >= 0.6 is 11.3 Å². The van der Waals surface area contributed by atoms with E-state index in [1.807, 2.05) is 11.3 Å². The highest BCUT2D eigenvalue weighted by Gasteiger charge is 2.61. The maximum atomic E-state index is 12.4. The average Bonchev–Trinajstić information content (AvgIpc) is 3.16. The molecule has 4 atom stereocenters. The molecule has 0 spiro atoms. The van der Waals surface area contributed by atoms with Crippen molar-refractivity contribution < 1.29 is 4.79 Å². The van der Waals surface area contributed by atoms with Gasteiger partial charge in [0.1, 0.15) is 0 Å². The van der Waals surface area contributed by atoms with E-state index in [2.05, 4.69) is 21.2 Å². The predicted octanol–water partition coefficient (Wildman–Crippen LogP) is 2.32. The molecule has 5 rings (SSSR count). The molecule has 1 amide bonds. The van der Waals surface area contributed by atoms with Crippen LogP contribution in [-0.4, -0.2) is 35.0 Å². The Morgan fingerprint density at radius 2 is 2.20 bits per heavy atom. The van der Waals surface area contributed by atoms with Crippen molar-refractivity contribution in [1.29, 1.82) is 0 Å². The van der Waals surface area contributed by atoms with E-state index in [0.717, 1.165) is 38.0 Å². The molecule has 0 N–H and O–H groups in total. The molecule has 3 heterocycles. The summed E-state index contributed by atoms with van der Waals surface area (Å²) in [6.45, 7) is 3.02. The number of hydrogen-bond donors (Lipinski definition) is 0. The lowest BCUT2D eigenvalue weighted by Crippen LogP contribution is -2.65. The molecule has 1 aromatic rings. The zero-order valence-corrected chi connectivity index (χ0v) is 12.4. The van der Waals surface area contributed by atoms with Crippen LogP contribution in [0.4, 0.5) is 0 Å². The highest BCUT2D eigenvalue weighted by Crippen LogP contribution is 2.56. The molecule has 1 aromatic heterocycles. The first-order valence-corrected chi connectivity index (χ1v) is 8.77. The van der Waals surface area contributed by atoms with Gasteiger partial charge >= 0.3 is 0 Å². The summed E-state index contributed by atoms with van der Waals surface area (Å²) in [5.41, 5.74) is 1.48. The van der Waals surface area contributed by atoms with Crippen molar-refractivity contribution in [2.75, 3.05) is 13.2 Å². The van der Waals surface area contributed by atoms with Crippen molar-refractivity contribution >= 4 is 17.2 Å². The first kappa shape index (κ1) is 11.8. The van der Waals surface area contributed by atoms with Gasteiger partial charge in [-0.25, -0.2) is 0 Å². The minimum atomic E-state index is 0.412. The van der Waals surface area contributed by atoms with E-state index in [1.165, 1.54) is 24.8 Å². The molecule has 0 aromatic carbocycles. The lowest BCUT2D eigenvalue weighted by Gasteiger charge is -2.51. The lowest BCUT2D eigenvalue weighted by atomic mass is 9.76. The minimum absolute atomic E-state index is 0.412. The van der Waals surface area contributed by atoms with Gasteiger partial charge in [-0.2, -0.15) is 0 Å². The fourth-order valence-electron chi connectivity index (χ4n) is 5.12. The minimum Gasteiger partial charge on any atom is -0.325 e. The van der Waals surface area contributed by atoms with Crippen molar-refractivity contribution in [2.24, 2.45) is 17.8 Å². The molecule has 3 fully saturated rings. The van der Waals surface area contributed by atoms with Crippen LogP contribution in [0.2, 0.25) is 0 Å². The van der Waals surface area contributed by atoms with Gasteiger partial charge in [0.25, 0.3) is 0 Å². The van der Waals surface area contributed by atoms with E-state index in [0.29, 0.717) is 17.9 Å². The van der Waals surface area contributed by atoms with Gasteiger partial charge in [-0.15, -0.1) is 11.3 Å². The van der Waals surface area contributed by atoms with E-state index in [1.54, 1.807) is 4.88 Å². The third kappa shape index (κ3) is 1.47. The molecular weight excluding hydrogens is 268 g/mol. The number of thiophene rings is 1. The summed E-state index contributed by atoms with van der Waals surface area (Å²) in [5, 5.41) is 2.20. The van der Waals surface area contributed by atoms with Gasteiger partial charge in [0, 0.05) is 24.0 Å². The Bertz CT molecular complexity index is 569. The van der Waals surface area contributed by atoms with Crippen molar-refractivity contribution in [2.45, 2.75) is 38.3 Å². The van der Waals surface area contributed by atoms with Crippen LogP contribution in [0, 0.1) is 17.8 Å². The molecule has 2 aliphatic heterocycles. The average molecular weight is 288 g/mol. The number of hydrogen-bond acceptors (Lipinski definition) is 3. The molecule has 2 saturated carbocycles. The monoisotopic (exact) mass is 288 g/mol. The Kier molecular flexibility index (Phi) is 2.40. The van der Waals surface area contributed by atoms with Gasteiger partial charge in [-0.05, 0) is 54.5 Å². The molecule has 0 radical (unpaired) electrons. The van der Waals surface area contributed by atoms with Crippen LogP contribution in [0.25, 0.3) is 0 Å². The Hall–Kier alpha value is -0.870. The van der Waals surface area contributed by atoms with Gasteiger partial charge in [0.2, 0.25) is 5.91 Å². The number of fused-ring (bicyclic) bond motifs is 6. The quantitative estimate of drug-likeness (QED) is 0.780. The summed E-state index contributed by atoms with van der Waals surface area (Å²) in [7, 11) is 0. The van der Waals surface area contributed by atoms with Crippen molar-refractivity contribution in [3.8, 4) is 0 Å². The molecule has 2 bridgehead atoms. The number of carbonyl (C=O) groups excluding carboxylic acids is 1. The van der Waals surface area contributed by atoms with Gasteiger partial charge < -0.3 is 4.90 Å². The predicted molar refractivity (Wildman–Crippen MR) is 78.3 cm³/mol. The molecule has 0 unspecified atom stereocenters. The van der Waals surface area contributed by atoms with E-state index in [9.17, 15) is 4.79 Å². The van der Waals surface area contributed by atoms with Crippen LogP contribution in [0.1, 0.15) is 29.7 Å². The number of carbonyl (C=O) groups is 1. The summed E-state index contributed by atoms with van der Waals surface area (Å²) in [6, 6.07) is 2.86. The standard InChI is InChI=1S/C16H20N2OS/c19-16-14-10-1-2-11(7-10)15(14)18(16)9-17-5-3-13-12(8-17)4-6-20-13/h4,6,10-11,14-15H,1-3,5,7-9H2/t10-,11-,14+,15-/m0/s1. The summed E-state index contributed by atoms with van der Waals surface area (Å²) in [5.74, 6) is 2.43. The molecule has 4 heteroatoms. The van der Waals surface area contributed by atoms with Gasteiger partial charge in [0.05, 0.1) is 12.6 Å². The van der Waals surface area contributed by atoms with Gasteiger partial charge in [-0.1, -0.05) is 0 Å². The smallest absolute Gasteiger partial charge is 0.229 e. The number of rotatable bonds is 2. The van der Waals surface area contributed by atoms with Crippen molar-refractivity contribution in [3.63, 3.8) is 0 Å². The summed E-state index contributed by atoms with van der Waals surface area (Å²) < 4.78 is 0. The van der Waals surface area contributed by atoms with Crippen LogP contribution < -0.4 is 0 Å². The highest BCUT2D eigenvalue weighted by molar-refractivity contribution is 7.10. The zero-order valence-electron chi connectivity index (χ0n) is 11.6. The van der Waals surface area contributed by atoms with Gasteiger partial charge in [-0.3, -0.25) is 9.69 Å². The molecule has 4 aliphatic rings. The number of amides is 1. The second-order valence-corrected chi connectivity index (χ2v) is 7.97. The third-order valence-electron chi connectivity index (χ3n) is 6.04. The largest absolute Gasteiger partial charge is 0.325 e. The lowest BCUT2D eigenvalue weighted by molar-refractivity contribution is -0.165. The van der Waals surface area contributed by atoms with Crippen molar-refractivity contribution in [3.05, 3.63) is 21.9 Å². The van der Waals surface area contributed by atoms with Crippen LogP contribution in [-0.2, 0) is 17.8 Å². The number of nitrogens with zero attached hydrogens (tertiary/aromatic N) is 2. The third-order valence-corrected chi connectivity index (χ3v) is 7.06. The van der Waals surface area contributed by atoms with E-state index >= 15 is 0 Å². The first-order valence-electron chi connectivity index (χ1n) is 7.89. The summed E-state index contributed by atoms with van der Waals surface area (Å²) in [6.07, 6.45) is 5.17. The summed E-state index contributed by atoms with van der Waals surface area (Å²) in [4.78, 5) is 18.6. The molecule has 20 heavy (non-hydrogen) atoms. The molecule has 106 valence electrons.